The molecule has 3 rings (SSSR count). The fourth-order valence-electron chi connectivity index (χ4n) is 2.58. The van der Waals surface area contributed by atoms with Crippen molar-refractivity contribution in [2.75, 3.05) is 0 Å². The van der Waals surface area contributed by atoms with Gasteiger partial charge in [-0.1, -0.05) is 91.0 Å². The van der Waals surface area contributed by atoms with E-state index in [0.717, 1.165) is 6.42 Å². The Morgan fingerprint density at radius 1 is 0.636 bits per heavy atom. The third-order valence-electron chi connectivity index (χ3n) is 3.73. The zero-order valence-corrected chi connectivity index (χ0v) is 12.5. The molecule has 0 saturated carbocycles. The lowest BCUT2D eigenvalue weighted by Gasteiger charge is -2.19. The van der Waals surface area contributed by atoms with E-state index in [0.29, 0.717) is 0 Å². The summed E-state index contributed by atoms with van der Waals surface area (Å²) in [6.45, 7) is 2.15. The van der Waals surface area contributed by atoms with E-state index in [4.69, 9.17) is 0 Å². The van der Waals surface area contributed by atoms with E-state index in [1.54, 1.807) is 0 Å². The fraction of sp³-hybridized carbons (Fsp3) is 0.0952. The lowest BCUT2D eigenvalue weighted by molar-refractivity contribution is 0.669. The molecule has 1 heteroatoms. The summed E-state index contributed by atoms with van der Waals surface area (Å²) in [5, 5.41) is 3.58. The summed E-state index contributed by atoms with van der Waals surface area (Å²) in [6, 6.07) is 31.8. The Morgan fingerprint density at radius 2 is 1.09 bits per heavy atom. The smallest absolute Gasteiger partial charge is 0.0579 e. The van der Waals surface area contributed by atoms with Gasteiger partial charge in [-0.05, 0) is 23.1 Å². The molecule has 3 aromatic rings. The van der Waals surface area contributed by atoms with Crippen LogP contribution in [-0.2, 0) is 6.42 Å². The number of benzene rings is 3. The number of nitrogens with one attached hydrogen (secondary N) is 1. The van der Waals surface area contributed by atoms with Gasteiger partial charge in [0.1, 0.15) is 0 Å². The Hall–Kier alpha value is -2.38. The molecule has 3 aromatic carbocycles. The van der Waals surface area contributed by atoms with E-state index in [1.807, 2.05) is 6.07 Å². The third-order valence-corrected chi connectivity index (χ3v) is 3.73. The molecule has 22 heavy (non-hydrogen) atoms. The molecule has 0 aliphatic carbocycles. The van der Waals surface area contributed by atoms with Crippen molar-refractivity contribution < 1.29 is 0 Å². The number of rotatable bonds is 6. The maximum absolute atomic E-state index is 3.58. The Morgan fingerprint density at radius 3 is 1.59 bits per heavy atom. The predicted octanol–water partition coefficient (Wildman–Crippen LogP) is 4.77. The quantitative estimate of drug-likeness (QED) is 0.688. The molecule has 0 atom stereocenters. The summed E-state index contributed by atoms with van der Waals surface area (Å²) in [4.78, 5) is 0. The molecule has 0 amide bonds. The van der Waals surface area contributed by atoms with Crippen LogP contribution in [0.15, 0.2) is 91.0 Å². The Bertz CT molecular complexity index is 623. The summed E-state index contributed by atoms with van der Waals surface area (Å²) >= 11 is 0. The first kappa shape index (κ1) is 14.6. The molecule has 0 spiro atoms. The van der Waals surface area contributed by atoms with Crippen molar-refractivity contribution in [1.82, 2.24) is 5.32 Å². The van der Waals surface area contributed by atoms with Crippen molar-refractivity contribution in [3.63, 3.8) is 0 Å². The second-order valence-corrected chi connectivity index (χ2v) is 5.31. The van der Waals surface area contributed by atoms with E-state index in [2.05, 4.69) is 96.8 Å². The second-order valence-electron chi connectivity index (χ2n) is 5.31. The molecule has 1 radical (unpaired) electrons. The van der Waals surface area contributed by atoms with Gasteiger partial charge in [-0.2, -0.15) is 0 Å². The minimum atomic E-state index is 0.186. The largest absolute Gasteiger partial charge is 0.302 e. The zero-order chi connectivity index (χ0) is 15.0. The van der Waals surface area contributed by atoms with Crippen LogP contribution in [-0.4, -0.2) is 0 Å². The van der Waals surface area contributed by atoms with Crippen LogP contribution in [0.5, 0.6) is 0 Å². The van der Waals surface area contributed by atoms with Crippen molar-refractivity contribution in [2.24, 2.45) is 0 Å². The molecular formula is C21H20N. The first-order chi connectivity index (χ1) is 10.9. The number of hydrogen-bond acceptors (Lipinski definition) is 1. The topological polar surface area (TPSA) is 12.0 Å². The Balaban J connectivity index is 1.72. The fourth-order valence-corrected chi connectivity index (χ4v) is 2.58. The van der Waals surface area contributed by atoms with Gasteiger partial charge in [0.15, 0.2) is 0 Å². The molecule has 1 nitrogen and oxygen atoms in total. The van der Waals surface area contributed by atoms with Crippen molar-refractivity contribution in [1.29, 1.82) is 0 Å². The summed E-state index contributed by atoms with van der Waals surface area (Å²) < 4.78 is 0. The maximum Gasteiger partial charge on any atom is 0.0579 e. The van der Waals surface area contributed by atoms with E-state index >= 15 is 0 Å². The van der Waals surface area contributed by atoms with Gasteiger partial charge >= 0.3 is 0 Å². The SMILES string of the molecule is [CH](Cc1ccccc1)NC(c1ccccc1)c1ccccc1. The average molecular weight is 286 g/mol. The van der Waals surface area contributed by atoms with Gasteiger partial charge in [0, 0.05) is 6.54 Å². The minimum absolute atomic E-state index is 0.186. The maximum atomic E-state index is 3.58. The molecule has 0 aromatic heterocycles. The van der Waals surface area contributed by atoms with Crippen LogP contribution in [0.3, 0.4) is 0 Å². The standard InChI is InChI=1S/C21H20N/c1-4-10-18(11-5-1)16-17-22-21(19-12-6-2-7-13-19)20-14-8-3-9-15-20/h1-15,17,21-22H,16H2. The highest BCUT2D eigenvalue weighted by atomic mass is 14.9. The van der Waals surface area contributed by atoms with Crippen LogP contribution < -0.4 is 5.32 Å². The minimum Gasteiger partial charge on any atom is -0.302 e. The summed E-state index contributed by atoms with van der Waals surface area (Å²) in [7, 11) is 0. The summed E-state index contributed by atoms with van der Waals surface area (Å²) in [5.74, 6) is 0. The van der Waals surface area contributed by atoms with E-state index in [1.165, 1.54) is 16.7 Å². The molecule has 0 aliphatic rings. The Kier molecular flexibility index (Phi) is 5.01. The predicted molar refractivity (Wildman–Crippen MR) is 92.3 cm³/mol. The van der Waals surface area contributed by atoms with Crippen LogP contribution >= 0.6 is 0 Å². The Labute approximate surface area is 132 Å². The van der Waals surface area contributed by atoms with Gasteiger partial charge in [-0.3, -0.25) is 0 Å². The van der Waals surface area contributed by atoms with Crippen molar-refractivity contribution in [3.8, 4) is 0 Å². The van der Waals surface area contributed by atoms with Gasteiger partial charge in [0.2, 0.25) is 0 Å². The van der Waals surface area contributed by atoms with Gasteiger partial charge in [-0.25, -0.2) is 0 Å². The summed E-state index contributed by atoms with van der Waals surface area (Å²) in [5.41, 5.74) is 3.87. The lowest BCUT2D eigenvalue weighted by Crippen LogP contribution is -2.20. The molecule has 109 valence electrons. The van der Waals surface area contributed by atoms with E-state index in [9.17, 15) is 0 Å². The zero-order valence-electron chi connectivity index (χ0n) is 12.5. The van der Waals surface area contributed by atoms with Gasteiger partial charge in [-0.15, -0.1) is 0 Å². The number of hydrogen-bond donors (Lipinski definition) is 1. The lowest BCUT2D eigenvalue weighted by atomic mass is 9.98. The molecule has 1 N–H and O–H groups in total. The molecular weight excluding hydrogens is 266 g/mol. The van der Waals surface area contributed by atoms with Crippen LogP contribution in [0.25, 0.3) is 0 Å². The van der Waals surface area contributed by atoms with E-state index < -0.39 is 0 Å². The van der Waals surface area contributed by atoms with Crippen molar-refractivity contribution in [2.45, 2.75) is 12.5 Å². The molecule has 0 bridgehead atoms. The second kappa shape index (κ2) is 7.58. The highest BCUT2D eigenvalue weighted by molar-refractivity contribution is 5.32. The van der Waals surface area contributed by atoms with E-state index in [-0.39, 0.29) is 6.04 Å². The highest BCUT2D eigenvalue weighted by Crippen LogP contribution is 2.22. The molecule has 0 aliphatic heterocycles. The van der Waals surface area contributed by atoms with Crippen LogP contribution in [0.4, 0.5) is 0 Å². The highest BCUT2D eigenvalue weighted by Gasteiger charge is 2.12. The van der Waals surface area contributed by atoms with Crippen molar-refractivity contribution in [3.05, 3.63) is 114 Å². The monoisotopic (exact) mass is 286 g/mol. The van der Waals surface area contributed by atoms with Crippen LogP contribution in [0.1, 0.15) is 22.7 Å². The normalized spacial score (nSPS) is 10.8. The molecule has 0 fully saturated rings. The van der Waals surface area contributed by atoms with Gasteiger partial charge in [0.05, 0.1) is 6.04 Å². The third kappa shape index (κ3) is 3.84. The molecule has 0 heterocycles. The van der Waals surface area contributed by atoms with Crippen LogP contribution in [0, 0.1) is 6.54 Å². The molecule has 0 unspecified atom stereocenters. The van der Waals surface area contributed by atoms with Gasteiger partial charge < -0.3 is 5.32 Å². The molecule has 0 saturated heterocycles. The summed E-state index contributed by atoms with van der Waals surface area (Å²) in [6.07, 6.45) is 0.914. The average Bonchev–Trinajstić information content (AvgIpc) is 2.61. The van der Waals surface area contributed by atoms with Crippen molar-refractivity contribution >= 4 is 0 Å². The van der Waals surface area contributed by atoms with Crippen LogP contribution in [0.2, 0.25) is 0 Å². The van der Waals surface area contributed by atoms with Gasteiger partial charge in [0.25, 0.3) is 0 Å². The first-order valence-electron chi connectivity index (χ1n) is 7.65. The first-order valence-corrected chi connectivity index (χ1v) is 7.65.